The Hall–Kier alpha value is -1.96. The fourth-order valence-electron chi connectivity index (χ4n) is 4.78. The van der Waals surface area contributed by atoms with Gasteiger partial charge in [-0.1, -0.05) is 67.5 Å². The van der Waals surface area contributed by atoms with E-state index in [0.717, 1.165) is 17.5 Å². The summed E-state index contributed by atoms with van der Waals surface area (Å²) in [4.78, 5) is 0. The number of hydrogen-bond acceptors (Lipinski definition) is 2. The molecule has 2 heteroatoms. The highest BCUT2D eigenvalue weighted by Gasteiger charge is 2.38. The summed E-state index contributed by atoms with van der Waals surface area (Å²) in [7, 11) is 0. The average Bonchev–Trinajstić information content (AvgIpc) is 2.56. The summed E-state index contributed by atoms with van der Waals surface area (Å²) in [6.07, 6.45) is 0.924. The van der Waals surface area contributed by atoms with Crippen molar-refractivity contribution in [1.82, 2.24) is 0 Å². The van der Waals surface area contributed by atoms with Crippen LogP contribution in [0.1, 0.15) is 95.2 Å². The van der Waals surface area contributed by atoms with Crippen molar-refractivity contribution in [3.63, 3.8) is 0 Å². The first kappa shape index (κ1) is 22.3. The lowest BCUT2D eigenvalue weighted by Gasteiger charge is -2.40. The fraction of sp³-hybridized carbons (Fsp3) is 0.538. The van der Waals surface area contributed by atoms with Crippen molar-refractivity contribution in [3.05, 3.63) is 57.6 Å². The second-order valence-electron chi connectivity index (χ2n) is 10.5. The Kier molecular flexibility index (Phi) is 5.69. The summed E-state index contributed by atoms with van der Waals surface area (Å²) in [6.45, 7) is 21.8. The quantitative estimate of drug-likeness (QED) is 0.598. The molecule has 0 bridgehead atoms. The molecule has 0 aromatic heterocycles. The van der Waals surface area contributed by atoms with E-state index in [9.17, 15) is 10.2 Å². The number of phenols is 2. The van der Waals surface area contributed by atoms with E-state index in [1.807, 2.05) is 26.0 Å². The predicted molar refractivity (Wildman–Crippen MR) is 120 cm³/mol. The summed E-state index contributed by atoms with van der Waals surface area (Å²) < 4.78 is 0. The Labute approximate surface area is 171 Å². The van der Waals surface area contributed by atoms with Crippen LogP contribution in [0.2, 0.25) is 0 Å². The highest BCUT2D eigenvalue weighted by atomic mass is 16.3. The van der Waals surface area contributed by atoms with Crippen LogP contribution in [0.25, 0.3) is 0 Å². The maximum Gasteiger partial charge on any atom is 0.118 e. The van der Waals surface area contributed by atoms with E-state index in [0.29, 0.717) is 11.5 Å². The van der Waals surface area contributed by atoms with Crippen LogP contribution in [0.15, 0.2) is 24.3 Å². The maximum absolute atomic E-state index is 10.4. The minimum Gasteiger partial charge on any atom is -0.508 e. The number of rotatable bonds is 3. The summed E-state index contributed by atoms with van der Waals surface area (Å²) in [5.74, 6) is 0.704. The van der Waals surface area contributed by atoms with Gasteiger partial charge in [-0.05, 0) is 76.6 Å². The Morgan fingerprint density at radius 2 is 0.964 bits per heavy atom. The molecular weight excluding hydrogens is 344 g/mol. The molecule has 0 fully saturated rings. The van der Waals surface area contributed by atoms with Crippen LogP contribution in [0.3, 0.4) is 0 Å². The maximum atomic E-state index is 10.4. The normalized spacial score (nSPS) is 13.1. The topological polar surface area (TPSA) is 40.5 Å². The Morgan fingerprint density at radius 1 is 0.643 bits per heavy atom. The van der Waals surface area contributed by atoms with Crippen LogP contribution in [0.4, 0.5) is 0 Å². The van der Waals surface area contributed by atoms with Crippen LogP contribution in [0, 0.1) is 13.8 Å². The molecule has 0 atom stereocenters. The molecule has 0 radical (unpaired) electrons. The van der Waals surface area contributed by atoms with E-state index in [1.165, 1.54) is 22.3 Å². The van der Waals surface area contributed by atoms with Crippen molar-refractivity contribution in [2.24, 2.45) is 0 Å². The van der Waals surface area contributed by atoms with Gasteiger partial charge < -0.3 is 10.2 Å². The first-order valence-electron chi connectivity index (χ1n) is 10.3. The van der Waals surface area contributed by atoms with Gasteiger partial charge in [-0.2, -0.15) is 0 Å². The van der Waals surface area contributed by atoms with Crippen LogP contribution >= 0.6 is 0 Å². The van der Waals surface area contributed by atoms with Crippen LogP contribution in [-0.2, 0) is 16.2 Å². The van der Waals surface area contributed by atoms with E-state index in [1.54, 1.807) is 0 Å². The molecule has 0 heterocycles. The molecule has 0 saturated carbocycles. The lowest BCUT2D eigenvalue weighted by molar-refractivity contribution is 0.449. The number of aromatic hydroxyl groups is 2. The van der Waals surface area contributed by atoms with Crippen molar-refractivity contribution < 1.29 is 10.2 Å². The Bertz CT molecular complexity index is 807. The molecule has 2 aromatic carbocycles. The van der Waals surface area contributed by atoms with E-state index in [2.05, 4.69) is 67.5 Å². The smallest absolute Gasteiger partial charge is 0.118 e. The van der Waals surface area contributed by atoms with Crippen LogP contribution in [0.5, 0.6) is 11.5 Å². The first-order valence-corrected chi connectivity index (χ1v) is 10.3. The summed E-state index contributed by atoms with van der Waals surface area (Å²) in [5, 5.41) is 20.9. The molecule has 0 aliphatic carbocycles. The lowest BCUT2D eigenvalue weighted by Crippen LogP contribution is -2.32. The molecule has 0 aliphatic heterocycles. The molecule has 2 N–H and O–H groups in total. The zero-order chi connectivity index (χ0) is 21.7. The van der Waals surface area contributed by atoms with Gasteiger partial charge in [0.1, 0.15) is 11.5 Å². The number of benzene rings is 2. The van der Waals surface area contributed by atoms with Gasteiger partial charge in [-0.15, -0.1) is 0 Å². The monoisotopic (exact) mass is 382 g/mol. The lowest BCUT2D eigenvalue weighted by atomic mass is 9.64. The highest BCUT2D eigenvalue weighted by Crippen LogP contribution is 2.48. The van der Waals surface area contributed by atoms with Gasteiger partial charge in [0.15, 0.2) is 0 Å². The summed E-state index contributed by atoms with van der Waals surface area (Å²) >= 11 is 0. The number of phenolic OH excluding ortho intramolecular Hbond substituents is 2. The second kappa shape index (κ2) is 7.13. The SMILES string of the molecule is CCC(C)(c1ccc(O)c(C)c1C(C)(C)C)c1ccc(O)c(C)c1C(C)(C)C. The minimum absolute atomic E-state index is 0.0948. The second-order valence-corrected chi connectivity index (χ2v) is 10.5. The first-order chi connectivity index (χ1) is 12.7. The summed E-state index contributed by atoms with van der Waals surface area (Å²) in [5.41, 5.74) is 6.43. The van der Waals surface area contributed by atoms with Gasteiger partial charge in [0.25, 0.3) is 0 Å². The molecule has 28 heavy (non-hydrogen) atoms. The zero-order valence-electron chi connectivity index (χ0n) is 19.4. The molecule has 0 amide bonds. The molecule has 0 unspecified atom stereocenters. The van der Waals surface area contributed by atoms with Crippen LogP contribution in [-0.4, -0.2) is 10.2 Å². The van der Waals surface area contributed by atoms with E-state index < -0.39 is 0 Å². The highest BCUT2D eigenvalue weighted by molar-refractivity contribution is 5.57. The molecule has 0 spiro atoms. The van der Waals surface area contributed by atoms with Gasteiger partial charge in [-0.3, -0.25) is 0 Å². The molecule has 2 aromatic rings. The van der Waals surface area contributed by atoms with Crippen molar-refractivity contribution in [2.45, 2.75) is 91.9 Å². The molecule has 0 saturated heterocycles. The summed E-state index contributed by atoms with van der Waals surface area (Å²) in [6, 6.07) is 7.86. The van der Waals surface area contributed by atoms with E-state index in [4.69, 9.17) is 0 Å². The molecule has 154 valence electrons. The van der Waals surface area contributed by atoms with Gasteiger partial charge in [0.2, 0.25) is 0 Å². The van der Waals surface area contributed by atoms with Crippen molar-refractivity contribution in [3.8, 4) is 11.5 Å². The standard InChI is InChI=1S/C26H38O2/c1-11-26(10,18-12-14-20(27)16(2)22(18)24(4,5)6)19-13-15-21(28)17(3)23(19)25(7,8)9/h12-15,27-28H,11H2,1-10H3. The van der Waals surface area contributed by atoms with Crippen molar-refractivity contribution in [2.75, 3.05) is 0 Å². The Morgan fingerprint density at radius 3 is 1.21 bits per heavy atom. The van der Waals surface area contributed by atoms with Gasteiger partial charge in [0.05, 0.1) is 0 Å². The largest absolute Gasteiger partial charge is 0.508 e. The van der Waals surface area contributed by atoms with Crippen molar-refractivity contribution in [1.29, 1.82) is 0 Å². The minimum atomic E-state index is -0.234. The molecule has 2 nitrogen and oxygen atoms in total. The average molecular weight is 383 g/mol. The zero-order valence-corrected chi connectivity index (χ0v) is 19.4. The van der Waals surface area contributed by atoms with E-state index >= 15 is 0 Å². The molecular formula is C26H38O2. The van der Waals surface area contributed by atoms with E-state index in [-0.39, 0.29) is 16.2 Å². The molecule has 2 rings (SSSR count). The Balaban J connectivity index is 2.98. The van der Waals surface area contributed by atoms with Crippen molar-refractivity contribution >= 4 is 0 Å². The third kappa shape index (κ3) is 3.66. The van der Waals surface area contributed by atoms with Gasteiger partial charge >= 0.3 is 0 Å². The van der Waals surface area contributed by atoms with Gasteiger partial charge in [-0.25, -0.2) is 0 Å². The number of hydrogen-bond donors (Lipinski definition) is 2. The predicted octanol–water partition coefficient (Wildman–Crippen LogP) is 7.03. The van der Waals surface area contributed by atoms with Gasteiger partial charge in [0, 0.05) is 5.41 Å². The third-order valence-corrected chi connectivity index (χ3v) is 6.27. The fourth-order valence-corrected chi connectivity index (χ4v) is 4.78. The van der Waals surface area contributed by atoms with Crippen LogP contribution < -0.4 is 0 Å². The third-order valence-electron chi connectivity index (χ3n) is 6.27. The molecule has 0 aliphatic rings.